The van der Waals surface area contributed by atoms with Crippen molar-refractivity contribution in [2.75, 3.05) is 11.9 Å². The van der Waals surface area contributed by atoms with Gasteiger partial charge in [0.1, 0.15) is 12.6 Å². The van der Waals surface area contributed by atoms with Gasteiger partial charge < -0.3 is 20.5 Å². The predicted molar refractivity (Wildman–Crippen MR) is 131 cm³/mol. The molecule has 0 saturated carbocycles. The SMILES string of the molecule is CC(C)(C)[C@H](NC(=O)OCC1c2ccccc2-c2ccccc21)C(=O)Nc1cncc(C(=O)O)c1. The zero-order chi connectivity index (χ0) is 25.2. The van der Waals surface area contributed by atoms with Gasteiger partial charge in [-0.05, 0) is 33.7 Å². The fraction of sp³-hybridized carbons (Fsp3) is 0.259. The standard InChI is InChI=1S/C27H27N3O5/c1-27(2,3)23(24(31)29-17-12-16(25(32)33)13-28-14-17)30-26(34)35-15-22-20-10-6-4-8-18(20)19-9-5-7-11-21(19)22/h4-14,22-23H,15H2,1-3H3,(H,29,31)(H,30,34)(H,32,33)/t23-/m1/s1. The lowest BCUT2D eigenvalue weighted by Gasteiger charge is -2.30. The van der Waals surface area contributed by atoms with Crippen LogP contribution in [0.2, 0.25) is 0 Å². The van der Waals surface area contributed by atoms with Crippen molar-refractivity contribution in [3.63, 3.8) is 0 Å². The fourth-order valence-corrected chi connectivity index (χ4v) is 4.27. The van der Waals surface area contributed by atoms with Crippen LogP contribution in [0.25, 0.3) is 11.1 Å². The summed E-state index contributed by atoms with van der Waals surface area (Å²) in [6, 6.07) is 16.5. The van der Waals surface area contributed by atoms with Crippen LogP contribution in [0.4, 0.5) is 10.5 Å². The van der Waals surface area contributed by atoms with E-state index in [-0.39, 0.29) is 23.8 Å². The highest BCUT2D eigenvalue weighted by molar-refractivity contribution is 5.98. The number of carboxylic acid groups (broad SMARTS) is 1. The molecule has 0 aliphatic heterocycles. The lowest BCUT2D eigenvalue weighted by molar-refractivity contribution is -0.120. The van der Waals surface area contributed by atoms with Crippen LogP contribution in [0, 0.1) is 5.41 Å². The Labute approximate surface area is 203 Å². The molecule has 8 heteroatoms. The Morgan fingerprint density at radius 1 is 1.00 bits per heavy atom. The zero-order valence-corrected chi connectivity index (χ0v) is 19.7. The Hall–Kier alpha value is -4.20. The third-order valence-electron chi connectivity index (χ3n) is 5.99. The second kappa shape index (κ2) is 9.58. The van der Waals surface area contributed by atoms with Gasteiger partial charge in [-0.1, -0.05) is 69.3 Å². The van der Waals surface area contributed by atoms with Gasteiger partial charge in [-0.3, -0.25) is 9.78 Å². The molecule has 0 bridgehead atoms. The van der Waals surface area contributed by atoms with E-state index in [1.165, 1.54) is 18.5 Å². The Morgan fingerprint density at radius 3 is 2.17 bits per heavy atom. The third-order valence-corrected chi connectivity index (χ3v) is 5.99. The van der Waals surface area contributed by atoms with E-state index in [9.17, 15) is 14.4 Å². The second-order valence-electron chi connectivity index (χ2n) is 9.53. The number of benzene rings is 2. The Bertz CT molecular complexity index is 1240. The van der Waals surface area contributed by atoms with Crippen LogP contribution >= 0.6 is 0 Å². The van der Waals surface area contributed by atoms with E-state index in [0.29, 0.717) is 0 Å². The molecule has 4 rings (SSSR count). The number of carbonyl (C=O) groups excluding carboxylic acids is 2. The molecule has 0 unspecified atom stereocenters. The van der Waals surface area contributed by atoms with Gasteiger partial charge in [0.15, 0.2) is 0 Å². The van der Waals surface area contributed by atoms with Gasteiger partial charge in [0.2, 0.25) is 5.91 Å². The van der Waals surface area contributed by atoms with Gasteiger partial charge in [-0.15, -0.1) is 0 Å². The summed E-state index contributed by atoms with van der Waals surface area (Å²) in [5.74, 6) is -1.76. The van der Waals surface area contributed by atoms with Gasteiger partial charge in [-0.25, -0.2) is 9.59 Å². The van der Waals surface area contributed by atoms with Crippen molar-refractivity contribution in [1.29, 1.82) is 0 Å². The second-order valence-corrected chi connectivity index (χ2v) is 9.53. The first-order chi connectivity index (χ1) is 16.6. The minimum atomic E-state index is -1.15. The van der Waals surface area contributed by atoms with E-state index in [0.717, 1.165) is 22.3 Å². The molecule has 0 spiro atoms. The number of aromatic carboxylic acids is 1. The number of pyridine rings is 1. The predicted octanol–water partition coefficient (Wildman–Crippen LogP) is 4.67. The molecule has 2 amide bonds. The number of carbonyl (C=O) groups is 3. The molecule has 1 atom stereocenters. The molecule has 0 fully saturated rings. The van der Waals surface area contributed by atoms with Crippen LogP contribution in [0.5, 0.6) is 0 Å². The lowest BCUT2D eigenvalue weighted by Crippen LogP contribution is -2.51. The molecule has 1 aliphatic carbocycles. The maximum absolute atomic E-state index is 13.0. The number of anilines is 1. The summed E-state index contributed by atoms with van der Waals surface area (Å²) in [5.41, 5.74) is 3.96. The van der Waals surface area contributed by atoms with Gasteiger partial charge in [0.05, 0.1) is 17.4 Å². The lowest BCUT2D eigenvalue weighted by atomic mass is 9.86. The third kappa shape index (κ3) is 5.16. The summed E-state index contributed by atoms with van der Waals surface area (Å²) in [4.78, 5) is 40.8. The molecule has 1 aromatic heterocycles. The fourth-order valence-electron chi connectivity index (χ4n) is 4.27. The van der Waals surface area contributed by atoms with Gasteiger partial charge in [-0.2, -0.15) is 0 Å². The van der Waals surface area contributed by atoms with E-state index in [4.69, 9.17) is 9.84 Å². The summed E-state index contributed by atoms with van der Waals surface area (Å²) < 4.78 is 5.60. The van der Waals surface area contributed by atoms with E-state index < -0.39 is 29.4 Å². The van der Waals surface area contributed by atoms with Crippen molar-refractivity contribution in [3.05, 3.63) is 83.7 Å². The topological polar surface area (TPSA) is 118 Å². The Balaban J connectivity index is 1.45. The minimum absolute atomic E-state index is 0.0559. The Morgan fingerprint density at radius 2 is 1.60 bits per heavy atom. The largest absolute Gasteiger partial charge is 0.478 e. The van der Waals surface area contributed by atoms with Gasteiger partial charge in [0, 0.05) is 12.1 Å². The van der Waals surface area contributed by atoms with Crippen molar-refractivity contribution in [3.8, 4) is 11.1 Å². The normalized spacial score (nSPS) is 13.3. The number of nitrogens with zero attached hydrogens (tertiary/aromatic N) is 1. The highest BCUT2D eigenvalue weighted by atomic mass is 16.5. The first kappa shape index (κ1) is 23.9. The van der Waals surface area contributed by atoms with Crippen LogP contribution in [0.1, 0.15) is 48.2 Å². The van der Waals surface area contributed by atoms with Crippen molar-refractivity contribution >= 4 is 23.7 Å². The molecule has 3 aromatic rings. The average molecular weight is 474 g/mol. The number of aromatic nitrogens is 1. The summed E-state index contributed by atoms with van der Waals surface area (Å²) in [6.07, 6.45) is 1.82. The van der Waals surface area contributed by atoms with E-state index in [1.54, 1.807) is 0 Å². The van der Waals surface area contributed by atoms with Crippen LogP contribution < -0.4 is 10.6 Å². The summed E-state index contributed by atoms with van der Waals surface area (Å²) >= 11 is 0. The number of fused-ring (bicyclic) bond motifs is 3. The molecule has 35 heavy (non-hydrogen) atoms. The average Bonchev–Trinajstić information content (AvgIpc) is 3.14. The number of hydrogen-bond acceptors (Lipinski definition) is 5. The molecule has 2 aromatic carbocycles. The van der Waals surface area contributed by atoms with Crippen molar-refractivity contribution in [2.45, 2.75) is 32.7 Å². The zero-order valence-electron chi connectivity index (χ0n) is 19.7. The molecule has 0 saturated heterocycles. The number of ether oxygens (including phenoxy) is 1. The number of alkyl carbamates (subject to hydrolysis) is 1. The maximum atomic E-state index is 13.0. The molecular weight excluding hydrogens is 446 g/mol. The van der Waals surface area contributed by atoms with Crippen LogP contribution in [0.15, 0.2) is 67.0 Å². The highest BCUT2D eigenvalue weighted by Crippen LogP contribution is 2.44. The monoisotopic (exact) mass is 473 g/mol. The van der Waals surface area contributed by atoms with E-state index >= 15 is 0 Å². The molecule has 8 nitrogen and oxygen atoms in total. The number of hydrogen-bond donors (Lipinski definition) is 3. The number of rotatable bonds is 6. The van der Waals surface area contributed by atoms with Crippen LogP contribution in [0.3, 0.4) is 0 Å². The molecule has 1 aliphatic rings. The van der Waals surface area contributed by atoms with Crippen molar-refractivity contribution in [1.82, 2.24) is 10.3 Å². The minimum Gasteiger partial charge on any atom is -0.478 e. The smallest absolute Gasteiger partial charge is 0.407 e. The van der Waals surface area contributed by atoms with Gasteiger partial charge >= 0.3 is 12.1 Å². The Kier molecular flexibility index (Phi) is 6.55. The number of nitrogens with one attached hydrogen (secondary N) is 2. The highest BCUT2D eigenvalue weighted by Gasteiger charge is 2.34. The molecule has 180 valence electrons. The van der Waals surface area contributed by atoms with Crippen LogP contribution in [-0.2, 0) is 9.53 Å². The van der Waals surface area contributed by atoms with E-state index in [2.05, 4.69) is 27.8 Å². The molecule has 1 heterocycles. The molecule has 0 radical (unpaired) electrons. The van der Waals surface area contributed by atoms with Crippen molar-refractivity contribution < 1.29 is 24.2 Å². The quantitative estimate of drug-likeness (QED) is 0.479. The molecule has 3 N–H and O–H groups in total. The summed E-state index contributed by atoms with van der Waals surface area (Å²) in [7, 11) is 0. The number of carboxylic acids is 1. The van der Waals surface area contributed by atoms with Crippen molar-refractivity contribution in [2.24, 2.45) is 5.41 Å². The number of amides is 2. The van der Waals surface area contributed by atoms with Crippen LogP contribution in [-0.4, -0.2) is 40.7 Å². The van der Waals surface area contributed by atoms with Gasteiger partial charge in [0.25, 0.3) is 0 Å². The summed E-state index contributed by atoms with van der Waals surface area (Å²) in [6.45, 7) is 5.57. The molecular formula is C27H27N3O5. The summed E-state index contributed by atoms with van der Waals surface area (Å²) in [5, 5.41) is 14.5. The first-order valence-electron chi connectivity index (χ1n) is 11.3. The van der Waals surface area contributed by atoms with E-state index in [1.807, 2.05) is 57.2 Å². The maximum Gasteiger partial charge on any atom is 0.407 e. The first-order valence-corrected chi connectivity index (χ1v) is 11.3.